The van der Waals surface area contributed by atoms with E-state index in [0.29, 0.717) is 21.6 Å². The summed E-state index contributed by atoms with van der Waals surface area (Å²) in [5, 5.41) is 0.398. The largest absolute Gasteiger partial charge is 0.110 e. The fourth-order valence-corrected chi connectivity index (χ4v) is 5.45. The van der Waals surface area contributed by atoms with Gasteiger partial charge < -0.3 is 0 Å². The van der Waals surface area contributed by atoms with Crippen molar-refractivity contribution in [2.45, 2.75) is 99.7 Å². The topological polar surface area (TPSA) is 0 Å². The molecule has 0 bridgehead atoms. The van der Waals surface area contributed by atoms with E-state index in [1.807, 2.05) is 0 Å². The number of rotatable bonds is 6. The summed E-state index contributed by atoms with van der Waals surface area (Å²) in [4.78, 5) is 0. The molecule has 0 aromatic carbocycles. The average Bonchev–Trinajstić information content (AvgIpc) is 2.50. The lowest BCUT2D eigenvalue weighted by Crippen LogP contribution is -2.45. The lowest BCUT2D eigenvalue weighted by molar-refractivity contribution is 0.00734. The molecule has 0 spiro atoms. The van der Waals surface area contributed by atoms with Crippen LogP contribution in [0.15, 0.2) is 0 Å². The second-order valence-corrected chi connectivity index (χ2v) is 9.93. The molecular formula is C20H41B. The Morgan fingerprint density at radius 1 is 1.05 bits per heavy atom. The van der Waals surface area contributed by atoms with Gasteiger partial charge in [-0.3, -0.25) is 0 Å². The van der Waals surface area contributed by atoms with E-state index in [2.05, 4.69) is 70.2 Å². The fraction of sp³-hybridized carbons (Fsp3) is 1.00. The SMILES string of the molecule is BC(C)(C1CC(C)C(C)(C)C1(C)CCC)C(C)(C)CCC. The van der Waals surface area contributed by atoms with Crippen molar-refractivity contribution in [1.29, 1.82) is 0 Å². The van der Waals surface area contributed by atoms with Gasteiger partial charge in [0, 0.05) is 0 Å². The van der Waals surface area contributed by atoms with Gasteiger partial charge in [-0.2, -0.15) is 0 Å². The monoisotopic (exact) mass is 292 g/mol. The van der Waals surface area contributed by atoms with Crippen molar-refractivity contribution in [1.82, 2.24) is 0 Å². The molecule has 0 aliphatic heterocycles. The molecular weight excluding hydrogens is 251 g/mol. The van der Waals surface area contributed by atoms with Crippen LogP contribution in [0.1, 0.15) is 94.4 Å². The molecule has 0 aromatic rings. The third-order valence-electron chi connectivity index (χ3n) is 8.32. The van der Waals surface area contributed by atoms with Gasteiger partial charge in [-0.05, 0) is 47.3 Å². The van der Waals surface area contributed by atoms with Crippen molar-refractivity contribution in [2.75, 3.05) is 0 Å². The van der Waals surface area contributed by atoms with E-state index in [0.717, 1.165) is 11.8 Å². The lowest BCUT2D eigenvalue weighted by atomic mass is 9.42. The summed E-state index contributed by atoms with van der Waals surface area (Å²) in [7, 11) is 2.56. The Hall–Kier alpha value is 0.0649. The van der Waals surface area contributed by atoms with Crippen LogP contribution in [0.3, 0.4) is 0 Å². The Labute approximate surface area is 136 Å². The van der Waals surface area contributed by atoms with Crippen LogP contribution in [0.4, 0.5) is 0 Å². The summed E-state index contributed by atoms with van der Waals surface area (Å²) in [6, 6.07) is 0. The van der Waals surface area contributed by atoms with Crippen molar-refractivity contribution in [3.8, 4) is 0 Å². The maximum Gasteiger partial charge on any atom is 0.110 e. The predicted octanol–water partition coefficient (Wildman–Crippen LogP) is 6.11. The van der Waals surface area contributed by atoms with E-state index < -0.39 is 0 Å². The van der Waals surface area contributed by atoms with Crippen LogP contribution in [-0.4, -0.2) is 7.85 Å². The first-order chi connectivity index (χ1) is 9.38. The Bertz CT molecular complexity index is 353. The Morgan fingerprint density at radius 2 is 1.57 bits per heavy atom. The van der Waals surface area contributed by atoms with Crippen molar-refractivity contribution >= 4 is 7.85 Å². The molecule has 1 fully saturated rings. The smallest absolute Gasteiger partial charge is 0.0662 e. The van der Waals surface area contributed by atoms with Gasteiger partial charge in [-0.15, -0.1) is 0 Å². The van der Waals surface area contributed by atoms with Crippen LogP contribution in [0.25, 0.3) is 0 Å². The van der Waals surface area contributed by atoms with Crippen LogP contribution in [-0.2, 0) is 0 Å². The highest BCUT2D eigenvalue weighted by atomic mass is 14.6. The molecule has 0 radical (unpaired) electrons. The molecule has 0 heterocycles. The van der Waals surface area contributed by atoms with Crippen molar-refractivity contribution in [3.05, 3.63) is 0 Å². The maximum absolute atomic E-state index is 2.61. The van der Waals surface area contributed by atoms with E-state index in [4.69, 9.17) is 0 Å². The molecule has 0 aromatic heterocycles. The minimum Gasteiger partial charge on any atom is -0.0662 e. The molecule has 4 atom stereocenters. The van der Waals surface area contributed by atoms with Gasteiger partial charge in [-0.1, -0.05) is 80.5 Å². The van der Waals surface area contributed by atoms with Gasteiger partial charge in [0.1, 0.15) is 7.85 Å². The number of hydrogen-bond acceptors (Lipinski definition) is 0. The molecule has 1 heteroatoms. The summed E-state index contributed by atoms with van der Waals surface area (Å²) >= 11 is 0. The summed E-state index contributed by atoms with van der Waals surface area (Å²) < 4.78 is 0. The molecule has 0 saturated heterocycles. The van der Waals surface area contributed by atoms with E-state index in [-0.39, 0.29) is 0 Å². The molecule has 124 valence electrons. The molecule has 4 unspecified atom stereocenters. The minimum atomic E-state index is 0.398. The molecule has 1 rings (SSSR count). The molecule has 0 amide bonds. The second kappa shape index (κ2) is 5.93. The molecule has 21 heavy (non-hydrogen) atoms. The Balaban J connectivity index is 3.27. The van der Waals surface area contributed by atoms with Gasteiger partial charge in [0.15, 0.2) is 0 Å². The first kappa shape index (κ1) is 19.1. The van der Waals surface area contributed by atoms with Crippen LogP contribution >= 0.6 is 0 Å². The van der Waals surface area contributed by atoms with Crippen molar-refractivity contribution in [2.24, 2.45) is 28.1 Å². The third kappa shape index (κ3) is 2.83. The summed E-state index contributed by atoms with van der Waals surface area (Å²) in [5.41, 5.74) is 1.34. The standard InChI is InChI=1S/C20H41B/c1-10-12-17(4,5)20(9,21)16-14-15(3)18(6,7)19(16,8)13-11-2/h15-16H,10-14,21H2,1-9H3. The zero-order valence-electron chi connectivity index (χ0n) is 16.7. The molecule has 0 nitrogen and oxygen atoms in total. The van der Waals surface area contributed by atoms with Crippen LogP contribution < -0.4 is 0 Å². The maximum atomic E-state index is 2.61. The van der Waals surface area contributed by atoms with Gasteiger partial charge in [0.25, 0.3) is 0 Å². The zero-order chi connectivity index (χ0) is 16.7. The summed E-state index contributed by atoms with van der Waals surface area (Å²) in [6.07, 6.45) is 6.73. The van der Waals surface area contributed by atoms with Gasteiger partial charge in [-0.25, -0.2) is 0 Å². The Kier molecular flexibility index (Phi) is 5.40. The van der Waals surface area contributed by atoms with Gasteiger partial charge in [0.2, 0.25) is 0 Å². The van der Waals surface area contributed by atoms with E-state index in [1.165, 1.54) is 32.1 Å². The first-order valence-electron chi connectivity index (χ1n) is 9.38. The molecule has 1 aliphatic rings. The van der Waals surface area contributed by atoms with Crippen LogP contribution in [0, 0.1) is 28.1 Å². The quantitative estimate of drug-likeness (QED) is 0.518. The number of hydrogen-bond donors (Lipinski definition) is 0. The fourth-order valence-electron chi connectivity index (χ4n) is 5.45. The second-order valence-electron chi connectivity index (χ2n) is 9.93. The van der Waals surface area contributed by atoms with E-state index in [9.17, 15) is 0 Å². The molecule has 1 saturated carbocycles. The summed E-state index contributed by atoms with van der Waals surface area (Å²) in [6.45, 7) is 22.5. The van der Waals surface area contributed by atoms with Crippen LogP contribution in [0.2, 0.25) is 5.31 Å². The predicted molar refractivity (Wildman–Crippen MR) is 99.7 cm³/mol. The first-order valence-corrected chi connectivity index (χ1v) is 9.38. The highest BCUT2D eigenvalue weighted by molar-refractivity contribution is 6.15. The van der Waals surface area contributed by atoms with Crippen molar-refractivity contribution < 1.29 is 0 Å². The third-order valence-corrected chi connectivity index (χ3v) is 8.32. The minimum absolute atomic E-state index is 0.398. The Morgan fingerprint density at radius 3 is 2.00 bits per heavy atom. The van der Waals surface area contributed by atoms with Crippen molar-refractivity contribution in [3.63, 3.8) is 0 Å². The summed E-state index contributed by atoms with van der Waals surface area (Å²) in [5.74, 6) is 1.66. The van der Waals surface area contributed by atoms with Gasteiger partial charge in [0.05, 0.1) is 0 Å². The molecule has 1 aliphatic carbocycles. The average molecular weight is 292 g/mol. The van der Waals surface area contributed by atoms with Gasteiger partial charge >= 0.3 is 0 Å². The normalized spacial score (nSPS) is 35.7. The van der Waals surface area contributed by atoms with E-state index in [1.54, 1.807) is 0 Å². The molecule has 0 N–H and O–H groups in total. The van der Waals surface area contributed by atoms with E-state index >= 15 is 0 Å². The lowest BCUT2D eigenvalue weighted by Gasteiger charge is -2.55. The zero-order valence-corrected chi connectivity index (χ0v) is 16.7. The highest BCUT2D eigenvalue weighted by Crippen LogP contribution is 2.70. The van der Waals surface area contributed by atoms with Crippen LogP contribution in [0.5, 0.6) is 0 Å². The highest BCUT2D eigenvalue weighted by Gasteiger charge is 2.60.